The summed E-state index contributed by atoms with van der Waals surface area (Å²) in [7, 11) is 0. The third-order valence-corrected chi connectivity index (χ3v) is 0.667. The van der Waals surface area contributed by atoms with E-state index < -0.39 is 0 Å². The van der Waals surface area contributed by atoms with E-state index in [1.165, 1.54) is 0 Å². The molecule has 0 unspecified atom stereocenters. The Morgan fingerprint density at radius 2 is 0.600 bits per heavy atom. The first-order chi connectivity index (χ1) is 5.00. The molecule has 0 heterocycles. The summed E-state index contributed by atoms with van der Waals surface area (Å²) in [6.07, 6.45) is 0. The van der Waals surface area contributed by atoms with Crippen LogP contribution in [0.25, 0.3) is 0 Å². The van der Waals surface area contributed by atoms with Crippen molar-refractivity contribution in [3.63, 3.8) is 0 Å². The quantitative estimate of drug-likeness (QED) is 0.503. The molecule has 0 aliphatic rings. The van der Waals surface area contributed by atoms with E-state index in [4.69, 9.17) is 23.7 Å². The molecule has 0 spiro atoms. The lowest BCUT2D eigenvalue weighted by atomic mass is 10.4. The number of rotatable bonds is 0. The molecule has 0 aliphatic carbocycles. The van der Waals surface area contributed by atoms with Crippen molar-refractivity contribution < 1.29 is 0 Å². The summed E-state index contributed by atoms with van der Waals surface area (Å²) in [5.74, 6) is 0. The van der Waals surface area contributed by atoms with Crippen molar-refractivity contribution in [2.24, 2.45) is 0 Å². The highest BCUT2D eigenvalue weighted by atomic mass is 14.2. The molecular weight excluding hydrogens is 124 g/mol. The minimum absolute atomic E-state index is 2.00. The van der Waals surface area contributed by atoms with Gasteiger partial charge in [0, 0.05) is 0 Å². The highest BCUT2D eigenvalue weighted by Crippen LogP contribution is 1.79. The third kappa shape index (κ3) is 9.50. The van der Waals surface area contributed by atoms with Crippen LogP contribution in [0.3, 0.4) is 0 Å². The summed E-state index contributed by atoms with van der Waals surface area (Å²) in [5, 5.41) is 12.5. The van der Waals surface area contributed by atoms with Crippen LogP contribution in [0.2, 0.25) is 0 Å². The molecule has 50 valence electrons. The van der Waals surface area contributed by atoms with Crippen LogP contribution in [0.5, 0.6) is 0 Å². The van der Waals surface area contributed by atoms with Gasteiger partial charge in [0.15, 0.2) is 0 Å². The molecule has 1 aromatic rings. The zero-order valence-electron chi connectivity index (χ0n) is 5.36. The van der Waals surface area contributed by atoms with Crippen LogP contribution in [0, 0.1) is 23.7 Å². The molecule has 0 aromatic heterocycles. The second-order valence-corrected chi connectivity index (χ2v) is 1.15. The maximum atomic E-state index is 6.25. The van der Waals surface area contributed by atoms with Crippen molar-refractivity contribution in [3.8, 4) is 0 Å². The number of nitrogens with zero attached hydrogens (tertiary/aromatic N) is 2. The first kappa shape index (κ1) is 11.1. The van der Waals surface area contributed by atoms with Gasteiger partial charge in [0.05, 0.1) is 0 Å². The van der Waals surface area contributed by atoms with Crippen molar-refractivity contribution in [3.05, 3.63) is 49.5 Å². The molecule has 10 heavy (non-hydrogen) atoms. The molecule has 0 aliphatic heterocycles. The lowest BCUT2D eigenvalue weighted by Crippen LogP contribution is -1.47. The standard InChI is InChI=1S/C6H6.2CN/c1-2-4-6-5-3-1;2*1-2/h1-6H;;/q;2*-1. The molecule has 0 radical (unpaired) electrons. The zero-order chi connectivity index (χ0) is 8.24. The van der Waals surface area contributed by atoms with E-state index in [0.29, 0.717) is 0 Å². The van der Waals surface area contributed by atoms with Gasteiger partial charge >= 0.3 is 0 Å². The van der Waals surface area contributed by atoms with Crippen molar-refractivity contribution in [1.29, 1.82) is 10.5 Å². The van der Waals surface area contributed by atoms with E-state index in [9.17, 15) is 0 Å². The van der Waals surface area contributed by atoms with Gasteiger partial charge in [-0.05, 0) is 0 Å². The summed E-state index contributed by atoms with van der Waals surface area (Å²) >= 11 is 0. The second-order valence-electron chi connectivity index (χ2n) is 1.15. The van der Waals surface area contributed by atoms with Crippen molar-refractivity contribution in [1.82, 2.24) is 0 Å². The maximum Gasteiger partial charge on any atom is -0.0623 e. The fraction of sp³-hybridized carbons (Fsp3) is 0. The summed E-state index contributed by atoms with van der Waals surface area (Å²) in [6.45, 7) is 9.50. The van der Waals surface area contributed by atoms with Crippen molar-refractivity contribution >= 4 is 0 Å². The number of benzene rings is 1. The molecule has 0 fully saturated rings. The monoisotopic (exact) mass is 130 g/mol. The average Bonchev–Trinajstić information content (AvgIpc) is 2.14. The molecule has 0 amide bonds. The van der Waals surface area contributed by atoms with Gasteiger partial charge in [0.2, 0.25) is 0 Å². The Morgan fingerprint density at radius 1 is 0.500 bits per heavy atom. The van der Waals surface area contributed by atoms with Gasteiger partial charge < -0.3 is 23.7 Å². The van der Waals surface area contributed by atoms with E-state index in [0.717, 1.165) is 0 Å². The second kappa shape index (κ2) is 15.7. The summed E-state index contributed by atoms with van der Waals surface area (Å²) in [6, 6.07) is 12.0. The van der Waals surface area contributed by atoms with Crippen LogP contribution in [0.1, 0.15) is 0 Å². The van der Waals surface area contributed by atoms with Gasteiger partial charge in [-0.25, -0.2) is 0 Å². The summed E-state index contributed by atoms with van der Waals surface area (Å²) in [4.78, 5) is 0. The predicted octanol–water partition coefficient (Wildman–Crippen LogP) is 1.88. The van der Waals surface area contributed by atoms with Gasteiger partial charge in [0.25, 0.3) is 0 Å². The molecular formula is C8H6N2-2. The molecule has 0 saturated carbocycles. The van der Waals surface area contributed by atoms with E-state index in [1.54, 1.807) is 0 Å². The highest BCUT2D eigenvalue weighted by Gasteiger charge is 1.57. The van der Waals surface area contributed by atoms with Crippen LogP contribution >= 0.6 is 0 Å². The lowest BCUT2D eigenvalue weighted by Gasteiger charge is -1.69. The average molecular weight is 130 g/mol. The highest BCUT2D eigenvalue weighted by molar-refractivity contribution is 4.99. The molecule has 0 N–H and O–H groups in total. The van der Waals surface area contributed by atoms with Crippen LogP contribution in [0.4, 0.5) is 0 Å². The Bertz CT molecular complexity index is 132. The van der Waals surface area contributed by atoms with Gasteiger partial charge in [-0.3, -0.25) is 0 Å². The van der Waals surface area contributed by atoms with E-state index >= 15 is 0 Å². The van der Waals surface area contributed by atoms with E-state index in [1.807, 2.05) is 36.4 Å². The Kier molecular flexibility index (Phi) is 17.4. The predicted molar refractivity (Wildman–Crippen MR) is 36.4 cm³/mol. The Hall–Kier alpha value is -1.80. The molecule has 0 saturated heterocycles. The normalized spacial score (nSPS) is 5.20. The fourth-order valence-corrected chi connectivity index (χ4v) is 0.385. The van der Waals surface area contributed by atoms with E-state index in [-0.39, 0.29) is 0 Å². The summed E-state index contributed by atoms with van der Waals surface area (Å²) in [5.41, 5.74) is 0. The number of hydrogen-bond donors (Lipinski definition) is 0. The van der Waals surface area contributed by atoms with Crippen LogP contribution in [-0.2, 0) is 0 Å². The molecule has 2 heteroatoms. The Balaban J connectivity index is 0. The molecule has 0 atom stereocenters. The van der Waals surface area contributed by atoms with Crippen molar-refractivity contribution in [2.45, 2.75) is 0 Å². The van der Waals surface area contributed by atoms with Gasteiger partial charge in [-0.1, -0.05) is 36.4 Å². The molecule has 0 bridgehead atoms. The topological polar surface area (TPSA) is 47.6 Å². The third-order valence-electron chi connectivity index (χ3n) is 0.667. The summed E-state index contributed by atoms with van der Waals surface area (Å²) < 4.78 is 0. The minimum atomic E-state index is 2.00. The SMILES string of the molecule is [C-]#N.[C-]#N.c1ccccc1. The first-order valence-corrected chi connectivity index (χ1v) is 2.45. The van der Waals surface area contributed by atoms with Crippen molar-refractivity contribution in [2.75, 3.05) is 0 Å². The maximum absolute atomic E-state index is 6.25. The van der Waals surface area contributed by atoms with Crippen LogP contribution in [-0.4, -0.2) is 0 Å². The van der Waals surface area contributed by atoms with Gasteiger partial charge in [0.1, 0.15) is 0 Å². The Labute approximate surface area is 61.0 Å². The molecule has 1 rings (SSSR count). The smallest absolute Gasteiger partial charge is 0.0623 e. The van der Waals surface area contributed by atoms with E-state index in [2.05, 4.69) is 0 Å². The van der Waals surface area contributed by atoms with Gasteiger partial charge in [-0.2, -0.15) is 0 Å². The lowest BCUT2D eigenvalue weighted by molar-refractivity contribution is 1.53. The fourth-order valence-electron chi connectivity index (χ4n) is 0.385. The van der Waals surface area contributed by atoms with Gasteiger partial charge in [-0.15, -0.1) is 0 Å². The number of hydrogen-bond acceptors (Lipinski definition) is 2. The minimum Gasteiger partial charge on any atom is -0.512 e. The van der Waals surface area contributed by atoms with Crippen LogP contribution in [0.15, 0.2) is 36.4 Å². The molecule has 2 nitrogen and oxygen atoms in total. The van der Waals surface area contributed by atoms with Crippen LogP contribution < -0.4 is 0 Å². The Morgan fingerprint density at radius 3 is 0.700 bits per heavy atom. The molecule has 1 aromatic carbocycles. The largest absolute Gasteiger partial charge is 0.512 e. The zero-order valence-corrected chi connectivity index (χ0v) is 5.36. The first-order valence-electron chi connectivity index (χ1n) is 2.45.